The Labute approximate surface area is 116 Å². The average Bonchev–Trinajstić information content (AvgIpc) is 2.65. The van der Waals surface area contributed by atoms with Crippen LogP contribution in [0.3, 0.4) is 0 Å². The lowest BCUT2D eigenvalue weighted by molar-refractivity contribution is -0.129. The van der Waals surface area contributed by atoms with Crippen LogP contribution < -0.4 is 5.73 Å². The summed E-state index contributed by atoms with van der Waals surface area (Å²) in [5.74, 6) is 0.172. The van der Waals surface area contributed by atoms with Crippen molar-refractivity contribution in [3.63, 3.8) is 0 Å². The third kappa shape index (κ3) is 3.98. The zero-order chi connectivity index (χ0) is 11.5. The number of carbonyl (C=O) groups excluding carboxylic acids is 1. The topological polar surface area (TPSA) is 46.3 Å². The molecule has 1 heterocycles. The summed E-state index contributed by atoms with van der Waals surface area (Å²) in [6.45, 7) is 1.50. The summed E-state index contributed by atoms with van der Waals surface area (Å²) in [5, 5.41) is 0. The average molecular weight is 320 g/mol. The van der Waals surface area contributed by atoms with Gasteiger partial charge in [-0.1, -0.05) is 28.1 Å². The molecule has 1 aromatic carbocycles. The number of amides is 1. The van der Waals surface area contributed by atoms with E-state index in [0.717, 1.165) is 23.0 Å². The molecule has 5 heteroatoms. The van der Waals surface area contributed by atoms with Gasteiger partial charge in [0.15, 0.2) is 0 Å². The molecule has 0 aliphatic carbocycles. The van der Waals surface area contributed by atoms with Gasteiger partial charge in [-0.05, 0) is 24.1 Å². The van der Waals surface area contributed by atoms with Gasteiger partial charge in [-0.15, -0.1) is 12.4 Å². The normalized spacial score (nSPS) is 18.9. The molecule has 3 nitrogen and oxygen atoms in total. The van der Waals surface area contributed by atoms with Gasteiger partial charge in [0.05, 0.1) is 6.42 Å². The molecule has 1 aromatic rings. The van der Waals surface area contributed by atoms with Gasteiger partial charge >= 0.3 is 0 Å². The second kappa shape index (κ2) is 6.38. The van der Waals surface area contributed by atoms with Crippen LogP contribution in [0.5, 0.6) is 0 Å². The lowest BCUT2D eigenvalue weighted by Gasteiger charge is -2.15. The quantitative estimate of drug-likeness (QED) is 0.906. The minimum atomic E-state index is 0. The maximum atomic E-state index is 11.9. The van der Waals surface area contributed by atoms with Crippen LogP contribution in [0.1, 0.15) is 12.0 Å². The van der Waals surface area contributed by atoms with Crippen LogP contribution in [-0.4, -0.2) is 29.9 Å². The molecule has 0 bridgehead atoms. The molecule has 1 fully saturated rings. The summed E-state index contributed by atoms with van der Waals surface area (Å²) in [4.78, 5) is 13.8. The molecule has 1 atom stereocenters. The number of rotatable bonds is 2. The van der Waals surface area contributed by atoms with Crippen molar-refractivity contribution >= 4 is 34.2 Å². The van der Waals surface area contributed by atoms with E-state index in [1.54, 1.807) is 0 Å². The number of hydrogen-bond donors (Lipinski definition) is 1. The van der Waals surface area contributed by atoms with Crippen LogP contribution in [0.4, 0.5) is 0 Å². The van der Waals surface area contributed by atoms with E-state index >= 15 is 0 Å². The summed E-state index contributed by atoms with van der Waals surface area (Å²) < 4.78 is 1.01. The summed E-state index contributed by atoms with van der Waals surface area (Å²) in [6.07, 6.45) is 1.39. The highest BCUT2D eigenvalue weighted by atomic mass is 79.9. The van der Waals surface area contributed by atoms with Gasteiger partial charge in [-0.25, -0.2) is 0 Å². The minimum absolute atomic E-state index is 0. The zero-order valence-electron chi connectivity index (χ0n) is 9.43. The molecule has 2 N–H and O–H groups in total. The third-order valence-electron chi connectivity index (χ3n) is 2.82. The van der Waals surface area contributed by atoms with E-state index in [2.05, 4.69) is 15.9 Å². The number of benzene rings is 1. The van der Waals surface area contributed by atoms with Gasteiger partial charge in [0.1, 0.15) is 0 Å². The van der Waals surface area contributed by atoms with Crippen molar-refractivity contribution in [2.75, 3.05) is 13.1 Å². The van der Waals surface area contributed by atoms with E-state index in [1.807, 2.05) is 29.2 Å². The number of halogens is 2. The van der Waals surface area contributed by atoms with Crippen LogP contribution in [0, 0.1) is 0 Å². The Morgan fingerprint density at radius 2 is 2.29 bits per heavy atom. The molecule has 94 valence electrons. The smallest absolute Gasteiger partial charge is 0.227 e. The molecule has 2 rings (SSSR count). The fraction of sp³-hybridized carbons (Fsp3) is 0.417. The first-order valence-electron chi connectivity index (χ1n) is 5.43. The lowest BCUT2D eigenvalue weighted by atomic mass is 10.1. The van der Waals surface area contributed by atoms with Gasteiger partial charge in [0.2, 0.25) is 5.91 Å². The Balaban J connectivity index is 0.00000144. The van der Waals surface area contributed by atoms with Crippen molar-refractivity contribution in [2.45, 2.75) is 18.9 Å². The largest absolute Gasteiger partial charge is 0.341 e. The van der Waals surface area contributed by atoms with E-state index in [4.69, 9.17) is 5.73 Å². The van der Waals surface area contributed by atoms with Gasteiger partial charge in [0.25, 0.3) is 0 Å². The first-order valence-corrected chi connectivity index (χ1v) is 6.22. The summed E-state index contributed by atoms with van der Waals surface area (Å²) in [7, 11) is 0. The highest BCUT2D eigenvalue weighted by Gasteiger charge is 2.23. The predicted octanol–water partition coefficient (Wildman–Crippen LogP) is 1.97. The molecule has 0 radical (unpaired) electrons. The zero-order valence-corrected chi connectivity index (χ0v) is 11.8. The fourth-order valence-electron chi connectivity index (χ4n) is 1.95. The molecular weight excluding hydrogens is 304 g/mol. The van der Waals surface area contributed by atoms with Crippen molar-refractivity contribution < 1.29 is 4.79 Å². The number of nitrogens with two attached hydrogens (primary N) is 1. The Hall–Kier alpha value is -0.580. The number of carbonyl (C=O) groups is 1. The van der Waals surface area contributed by atoms with Crippen molar-refractivity contribution in [2.24, 2.45) is 5.73 Å². The summed E-state index contributed by atoms with van der Waals surface area (Å²) in [6, 6.07) is 8.01. The molecule has 1 saturated heterocycles. The SMILES string of the molecule is Cl.N[C@@H]1CCN(C(=O)Cc2cccc(Br)c2)C1. The molecule has 0 aromatic heterocycles. The Morgan fingerprint density at radius 1 is 1.53 bits per heavy atom. The highest BCUT2D eigenvalue weighted by Crippen LogP contribution is 2.14. The molecule has 0 spiro atoms. The predicted molar refractivity (Wildman–Crippen MR) is 74.3 cm³/mol. The second-order valence-electron chi connectivity index (χ2n) is 4.20. The first kappa shape index (κ1) is 14.5. The van der Waals surface area contributed by atoms with E-state index in [0.29, 0.717) is 13.0 Å². The molecule has 0 unspecified atom stereocenters. The van der Waals surface area contributed by atoms with Crippen molar-refractivity contribution in [3.05, 3.63) is 34.3 Å². The molecular formula is C12H16BrClN2O. The van der Waals surface area contributed by atoms with Crippen LogP contribution in [0.15, 0.2) is 28.7 Å². The van der Waals surface area contributed by atoms with Crippen LogP contribution in [0.2, 0.25) is 0 Å². The number of nitrogens with zero attached hydrogens (tertiary/aromatic N) is 1. The molecule has 17 heavy (non-hydrogen) atoms. The molecule has 1 aliphatic rings. The van der Waals surface area contributed by atoms with E-state index in [9.17, 15) is 4.79 Å². The third-order valence-corrected chi connectivity index (χ3v) is 3.32. The van der Waals surface area contributed by atoms with Gasteiger partial charge < -0.3 is 10.6 Å². The molecule has 1 aliphatic heterocycles. The van der Waals surface area contributed by atoms with Crippen LogP contribution in [0.25, 0.3) is 0 Å². The van der Waals surface area contributed by atoms with Gasteiger partial charge in [0, 0.05) is 23.6 Å². The van der Waals surface area contributed by atoms with Crippen molar-refractivity contribution in [1.82, 2.24) is 4.90 Å². The summed E-state index contributed by atoms with van der Waals surface area (Å²) >= 11 is 3.40. The van der Waals surface area contributed by atoms with E-state index in [1.165, 1.54) is 0 Å². The first-order chi connectivity index (χ1) is 7.65. The summed E-state index contributed by atoms with van der Waals surface area (Å²) in [5.41, 5.74) is 6.82. The fourth-order valence-corrected chi connectivity index (χ4v) is 2.39. The number of likely N-dealkylation sites (tertiary alicyclic amines) is 1. The Kier molecular flexibility index (Phi) is 5.43. The van der Waals surface area contributed by atoms with Crippen molar-refractivity contribution in [3.8, 4) is 0 Å². The van der Waals surface area contributed by atoms with Crippen LogP contribution >= 0.6 is 28.3 Å². The second-order valence-corrected chi connectivity index (χ2v) is 5.11. The maximum Gasteiger partial charge on any atom is 0.227 e. The van der Waals surface area contributed by atoms with Gasteiger partial charge in [-0.3, -0.25) is 4.79 Å². The molecule has 1 amide bonds. The highest BCUT2D eigenvalue weighted by molar-refractivity contribution is 9.10. The Morgan fingerprint density at radius 3 is 2.88 bits per heavy atom. The minimum Gasteiger partial charge on any atom is -0.341 e. The van der Waals surface area contributed by atoms with Gasteiger partial charge in [-0.2, -0.15) is 0 Å². The molecule has 0 saturated carbocycles. The standard InChI is InChI=1S/C12H15BrN2O.ClH/c13-10-3-1-2-9(6-10)7-12(16)15-5-4-11(14)8-15;/h1-3,6,11H,4-5,7-8,14H2;1H/t11-;/m1./s1. The van der Waals surface area contributed by atoms with Crippen LogP contribution in [-0.2, 0) is 11.2 Å². The van der Waals surface area contributed by atoms with E-state index < -0.39 is 0 Å². The maximum absolute atomic E-state index is 11.9. The van der Waals surface area contributed by atoms with Crippen molar-refractivity contribution in [1.29, 1.82) is 0 Å². The monoisotopic (exact) mass is 318 g/mol. The lowest BCUT2D eigenvalue weighted by Crippen LogP contribution is -2.32. The number of hydrogen-bond acceptors (Lipinski definition) is 2. The van der Waals surface area contributed by atoms with E-state index in [-0.39, 0.29) is 24.4 Å². The Bertz CT molecular complexity index is 400.